The van der Waals surface area contributed by atoms with Crippen LogP contribution in [0.25, 0.3) is 0 Å². The van der Waals surface area contributed by atoms with E-state index in [0.29, 0.717) is 19.1 Å². The molecule has 2 N–H and O–H groups in total. The molecule has 0 saturated heterocycles. The molecule has 74 valence electrons. The van der Waals surface area contributed by atoms with Gasteiger partial charge in [0.25, 0.3) is 0 Å². The van der Waals surface area contributed by atoms with Gasteiger partial charge in [-0.2, -0.15) is 0 Å². The van der Waals surface area contributed by atoms with Crippen LogP contribution in [0.3, 0.4) is 0 Å². The molecule has 0 aromatic rings. The number of hydrogen-bond donors (Lipinski definition) is 2. The van der Waals surface area contributed by atoms with Gasteiger partial charge in [0.15, 0.2) is 0 Å². The summed E-state index contributed by atoms with van der Waals surface area (Å²) in [7, 11) is 0. The van der Waals surface area contributed by atoms with Crippen LogP contribution in [-0.4, -0.2) is 25.0 Å². The summed E-state index contributed by atoms with van der Waals surface area (Å²) in [6.45, 7) is 4.54. The second-order valence-electron chi connectivity index (χ2n) is 3.46. The van der Waals surface area contributed by atoms with Gasteiger partial charge in [-0.05, 0) is 12.8 Å². The highest BCUT2D eigenvalue weighted by atomic mass is 16.1. The van der Waals surface area contributed by atoms with E-state index in [1.54, 1.807) is 6.08 Å². The molecule has 0 spiro atoms. The molecule has 0 bridgehead atoms. The van der Waals surface area contributed by atoms with E-state index in [1.807, 2.05) is 0 Å². The van der Waals surface area contributed by atoms with Gasteiger partial charge in [0.1, 0.15) is 0 Å². The van der Waals surface area contributed by atoms with Gasteiger partial charge in [-0.15, -0.1) is 6.58 Å². The Labute approximate surface area is 79.6 Å². The van der Waals surface area contributed by atoms with Gasteiger partial charge in [0.05, 0.1) is 6.54 Å². The van der Waals surface area contributed by atoms with Crippen molar-refractivity contribution >= 4 is 5.91 Å². The second-order valence-corrected chi connectivity index (χ2v) is 3.46. The van der Waals surface area contributed by atoms with E-state index in [-0.39, 0.29) is 5.91 Å². The first-order valence-corrected chi connectivity index (χ1v) is 4.94. The molecular weight excluding hydrogens is 164 g/mol. The minimum atomic E-state index is 0.0619. The minimum absolute atomic E-state index is 0.0619. The van der Waals surface area contributed by atoms with E-state index in [4.69, 9.17) is 0 Å². The predicted octanol–water partition coefficient (Wildman–Crippen LogP) is 0.821. The Hall–Kier alpha value is -0.830. The lowest BCUT2D eigenvalue weighted by molar-refractivity contribution is -0.120. The number of nitrogens with one attached hydrogen (secondary N) is 2. The van der Waals surface area contributed by atoms with E-state index in [9.17, 15) is 4.79 Å². The molecule has 0 unspecified atom stereocenters. The predicted molar refractivity (Wildman–Crippen MR) is 53.5 cm³/mol. The smallest absolute Gasteiger partial charge is 0.234 e. The number of rotatable bonds is 5. The van der Waals surface area contributed by atoms with Crippen molar-refractivity contribution in [3.05, 3.63) is 12.7 Å². The maximum atomic E-state index is 11.1. The molecule has 0 aromatic carbocycles. The third kappa shape index (κ3) is 4.08. The molecule has 1 saturated carbocycles. The van der Waals surface area contributed by atoms with Crippen LogP contribution in [0.5, 0.6) is 0 Å². The fourth-order valence-electron chi connectivity index (χ4n) is 1.62. The van der Waals surface area contributed by atoms with Gasteiger partial charge < -0.3 is 10.6 Å². The standard InChI is InChI=1S/C10H18N2O/c1-2-7-11-10(13)8-12-9-5-3-4-6-9/h2,9,12H,1,3-8H2,(H,11,13). The zero-order valence-electron chi connectivity index (χ0n) is 8.01. The third-order valence-electron chi connectivity index (χ3n) is 2.35. The minimum Gasteiger partial charge on any atom is -0.352 e. The number of amides is 1. The lowest BCUT2D eigenvalue weighted by Crippen LogP contribution is -2.38. The molecule has 3 nitrogen and oxygen atoms in total. The molecule has 1 fully saturated rings. The molecule has 1 aliphatic rings. The van der Waals surface area contributed by atoms with E-state index in [1.165, 1.54) is 25.7 Å². The molecule has 1 aliphatic carbocycles. The van der Waals surface area contributed by atoms with Crippen LogP contribution < -0.4 is 10.6 Å². The van der Waals surface area contributed by atoms with Gasteiger partial charge in [-0.1, -0.05) is 18.9 Å². The Morgan fingerprint density at radius 1 is 1.46 bits per heavy atom. The van der Waals surface area contributed by atoms with Gasteiger partial charge >= 0.3 is 0 Å². The van der Waals surface area contributed by atoms with Crippen molar-refractivity contribution in [2.45, 2.75) is 31.7 Å². The zero-order valence-corrected chi connectivity index (χ0v) is 8.01. The van der Waals surface area contributed by atoms with Crippen molar-refractivity contribution in [3.8, 4) is 0 Å². The summed E-state index contributed by atoms with van der Waals surface area (Å²) in [5.74, 6) is 0.0619. The number of carbonyl (C=O) groups is 1. The van der Waals surface area contributed by atoms with Crippen LogP contribution in [-0.2, 0) is 4.79 Å². The lowest BCUT2D eigenvalue weighted by Gasteiger charge is -2.10. The number of hydrogen-bond acceptors (Lipinski definition) is 2. The van der Waals surface area contributed by atoms with Crippen molar-refractivity contribution in [2.75, 3.05) is 13.1 Å². The van der Waals surface area contributed by atoms with Crippen LogP contribution in [0.2, 0.25) is 0 Å². The first-order valence-electron chi connectivity index (χ1n) is 4.94. The lowest BCUT2D eigenvalue weighted by atomic mass is 10.2. The SMILES string of the molecule is C=CCNC(=O)CNC1CCCC1. The van der Waals surface area contributed by atoms with Gasteiger partial charge in [0.2, 0.25) is 5.91 Å². The van der Waals surface area contributed by atoms with E-state index in [2.05, 4.69) is 17.2 Å². The van der Waals surface area contributed by atoms with Crippen LogP contribution in [0.1, 0.15) is 25.7 Å². The van der Waals surface area contributed by atoms with Crippen LogP contribution in [0.15, 0.2) is 12.7 Å². The molecule has 1 amide bonds. The first-order chi connectivity index (χ1) is 6.33. The molecule has 3 heteroatoms. The molecule has 13 heavy (non-hydrogen) atoms. The summed E-state index contributed by atoms with van der Waals surface area (Å²) in [5, 5.41) is 5.98. The normalized spacial score (nSPS) is 17.2. The third-order valence-corrected chi connectivity index (χ3v) is 2.35. The van der Waals surface area contributed by atoms with Gasteiger partial charge in [0, 0.05) is 12.6 Å². The highest BCUT2D eigenvalue weighted by molar-refractivity contribution is 5.78. The average molecular weight is 182 g/mol. The molecule has 0 aliphatic heterocycles. The van der Waals surface area contributed by atoms with E-state index in [0.717, 1.165) is 0 Å². The van der Waals surface area contributed by atoms with Crippen LogP contribution >= 0.6 is 0 Å². The maximum absolute atomic E-state index is 11.1. The molecule has 0 heterocycles. The summed E-state index contributed by atoms with van der Waals surface area (Å²) in [6.07, 6.45) is 6.72. The molecule has 0 aromatic heterocycles. The quantitative estimate of drug-likeness (QED) is 0.618. The molecule has 0 radical (unpaired) electrons. The van der Waals surface area contributed by atoms with Crippen LogP contribution in [0, 0.1) is 0 Å². The topological polar surface area (TPSA) is 41.1 Å². The largest absolute Gasteiger partial charge is 0.352 e. The summed E-state index contributed by atoms with van der Waals surface area (Å²) in [4.78, 5) is 11.1. The fraction of sp³-hybridized carbons (Fsp3) is 0.700. The van der Waals surface area contributed by atoms with Crippen molar-refractivity contribution in [1.29, 1.82) is 0 Å². The Bertz CT molecular complexity index is 174. The van der Waals surface area contributed by atoms with Crippen molar-refractivity contribution in [2.24, 2.45) is 0 Å². The summed E-state index contributed by atoms with van der Waals surface area (Å²) >= 11 is 0. The molecule has 1 rings (SSSR count). The Balaban J connectivity index is 2.03. The highest BCUT2D eigenvalue weighted by Crippen LogP contribution is 2.16. The second kappa shape index (κ2) is 5.75. The monoisotopic (exact) mass is 182 g/mol. The van der Waals surface area contributed by atoms with Gasteiger partial charge in [-0.3, -0.25) is 4.79 Å². The summed E-state index contributed by atoms with van der Waals surface area (Å²) < 4.78 is 0. The van der Waals surface area contributed by atoms with Gasteiger partial charge in [-0.25, -0.2) is 0 Å². The highest BCUT2D eigenvalue weighted by Gasteiger charge is 2.14. The summed E-state index contributed by atoms with van der Waals surface area (Å²) in [5.41, 5.74) is 0. The van der Waals surface area contributed by atoms with Crippen molar-refractivity contribution in [1.82, 2.24) is 10.6 Å². The Kier molecular flexibility index (Phi) is 4.54. The Morgan fingerprint density at radius 3 is 2.77 bits per heavy atom. The number of carbonyl (C=O) groups excluding carboxylic acids is 1. The van der Waals surface area contributed by atoms with E-state index < -0.39 is 0 Å². The van der Waals surface area contributed by atoms with E-state index >= 15 is 0 Å². The molecule has 0 atom stereocenters. The molecular formula is C10H18N2O. The fourth-order valence-corrected chi connectivity index (χ4v) is 1.62. The van der Waals surface area contributed by atoms with Crippen molar-refractivity contribution < 1.29 is 4.79 Å². The van der Waals surface area contributed by atoms with Crippen LogP contribution in [0.4, 0.5) is 0 Å². The van der Waals surface area contributed by atoms with Crippen molar-refractivity contribution in [3.63, 3.8) is 0 Å². The average Bonchev–Trinajstić information content (AvgIpc) is 2.64. The first kappa shape index (κ1) is 10.3. The summed E-state index contributed by atoms with van der Waals surface area (Å²) in [6, 6.07) is 0.564. The Morgan fingerprint density at radius 2 is 2.15 bits per heavy atom. The maximum Gasteiger partial charge on any atom is 0.234 e. The zero-order chi connectivity index (χ0) is 9.52.